The number of rotatable bonds is 17. The van der Waals surface area contributed by atoms with Gasteiger partial charge in [0.15, 0.2) is 23.6 Å². The van der Waals surface area contributed by atoms with E-state index < -0.39 is 41.1 Å². The first-order valence-corrected chi connectivity index (χ1v) is 17.6. The molecule has 1 saturated heterocycles. The molecule has 2 aliphatic heterocycles. The number of guanidine groups is 1. The minimum Gasteiger partial charge on any atom is -0.493 e. The molecule has 0 aromatic heterocycles. The molecule has 8 N–H and O–H groups in total. The largest absolute Gasteiger partial charge is 0.493 e. The number of hydrogen-bond donors (Lipinski definition) is 6. The summed E-state index contributed by atoms with van der Waals surface area (Å²) >= 11 is 0. The molecule has 1 aromatic rings. The standard InChI is InChI=1S/C35H51N7O9/c1-21(43)40-23(8-7-15-39-32(36)37)31(46)38-16-19-42(17-6-4-5-9-27(44)45)33(47)50-25-12-13-35(48)26-20-22-10-11-24(49-3)29-28(22)34(35,30(25)51-29)14-18-41(26)2/h10-12,23,26,30,48H,4-9,13-20H2,1-3H3,(H,38,46)(H,40,43)(H,44,45)(H4,36,37,39)/t23-,26+,30-,34-,35+/m0/s1. The lowest BCUT2D eigenvalue weighted by atomic mass is 9.50. The molecule has 0 saturated carbocycles. The molecule has 16 heteroatoms. The number of benzene rings is 1. The summed E-state index contributed by atoms with van der Waals surface area (Å²) in [7, 11) is 3.59. The molecule has 5 rings (SSSR count). The molecule has 1 aromatic carbocycles. The maximum absolute atomic E-state index is 13.9. The molecular weight excluding hydrogens is 662 g/mol. The third kappa shape index (κ3) is 7.56. The summed E-state index contributed by atoms with van der Waals surface area (Å²) in [4.78, 5) is 57.4. The second kappa shape index (κ2) is 15.8. The minimum atomic E-state index is -1.16. The first-order chi connectivity index (χ1) is 24.3. The number of aliphatic hydroxyl groups is 1. The highest BCUT2D eigenvalue weighted by Gasteiger charge is 2.72. The van der Waals surface area contributed by atoms with Crippen molar-refractivity contribution in [2.24, 2.45) is 16.5 Å². The van der Waals surface area contributed by atoms with Crippen molar-refractivity contribution >= 4 is 29.8 Å². The van der Waals surface area contributed by atoms with Gasteiger partial charge < -0.3 is 56.3 Å². The molecule has 2 aliphatic carbocycles. The van der Waals surface area contributed by atoms with Gasteiger partial charge in [0.05, 0.1) is 18.1 Å². The summed E-state index contributed by atoms with van der Waals surface area (Å²) in [5, 5.41) is 27.0. The topological polar surface area (TPSA) is 231 Å². The molecule has 280 valence electrons. The zero-order chi connectivity index (χ0) is 36.9. The third-order valence-corrected chi connectivity index (χ3v) is 10.7. The number of carboxylic acids is 1. The predicted octanol–water partition coefficient (Wildman–Crippen LogP) is 0.731. The Hall–Kier alpha value is -4.57. The van der Waals surface area contributed by atoms with Crippen LogP contribution in [-0.4, -0.2) is 121 Å². The van der Waals surface area contributed by atoms with Gasteiger partial charge >= 0.3 is 12.1 Å². The summed E-state index contributed by atoms with van der Waals surface area (Å²) in [6, 6.07) is 2.92. The number of nitrogens with two attached hydrogens (primary N) is 2. The van der Waals surface area contributed by atoms with Gasteiger partial charge in [-0.2, -0.15) is 0 Å². The number of likely N-dealkylation sites (tertiary alicyclic amines) is 1. The van der Waals surface area contributed by atoms with Crippen LogP contribution in [0, 0.1) is 0 Å². The zero-order valence-corrected chi connectivity index (χ0v) is 29.6. The highest BCUT2D eigenvalue weighted by molar-refractivity contribution is 5.86. The molecule has 4 aliphatic rings. The van der Waals surface area contributed by atoms with Crippen LogP contribution in [-0.2, 0) is 31.0 Å². The Labute approximate surface area is 297 Å². The Balaban J connectivity index is 1.31. The summed E-state index contributed by atoms with van der Waals surface area (Å²) in [5.74, 6) is -0.316. The normalized spacial score (nSPS) is 24.6. The molecule has 2 bridgehead atoms. The van der Waals surface area contributed by atoms with Gasteiger partial charge in [-0.25, -0.2) is 4.79 Å². The van der Waals surface area contributed by atoms with E-state index in [-0.39, 0.29) is 50.4 Å². The van der Waals surface area contributed by atoms with Gasteiger partial charge in [-0.1, -0.05) is 12.5 Å². The van der Waals surface area contributed by atoms with Crippen molar-refractivity contribution in [2.45, 2.75) is 93.9 Å². The molecular formula is C35H51N7O9. The average Bonchev–Trinajstić information content (AvgIpc) is 3.43. The first-order valence-electron chi connectivity index (χ1n) is 17.6. The molecule has 16 nitrogen and oxygen atoms in total. The molecule has 5 atom stereocenters. The van der Waals surface area contributed by atoms with Gasteiger partial charge in [0.25, 0.3) is 0 Å². The van der Waals surface area contributed by atoms with Crippen LogP contribution < -0.4 is 31.6 Å². The van der Waals surface area contributed by atoms with Crippen molar-refractivity contribution in [1.29, 1.82) is 0 Å². The number of ether oxygens (including phenoxy) is 3. The number of hydrogen-bond acceptors (Lipinski definition) is 10. The number of methoxy groups -OCH3 is 1. The highest BCUT2D eigenvalue weighted by atomic mass is 16.6. The number of likely N-dealkylation sites (N-methyl/N-ethyl adjacent to an activating group) is 1. The smallest absolute Gasteiger partial charge is 0.415 e. The Kier molecular flexibility index (Phi) is 11.6. The van der Waals surface area contributed by atoms with Crippen molar-refractivity contribution in [3.05, 3.63) is 35.1 Å². The molecule has 51 heavy (non-hydrogen) atoms. The fraction of sp³-hybridized carbons (Fsp3) is 0.629. The summed E-state index contributed by atoms with van der Waals surface area (Å²) in [6.45, 7) is 2.74. The fourth-order valence-electron chi connectivity index (χ4n) is 8.26. The fourth-order valence-corrected chi connectivity index (χ4v) is 8.26. The Morgan fingerprint density at radius 2 is 1.96 bits per heavy atom. The molecule has 0 radical (unpaired) electrons. The number of unbranched alkanes of at least 4 members (excludes halogenated alkanes) is 2. The number of carboxylic acid groups (broad SMARTS) is 1. The third-order valence-electron chi connectivity index (χ3n) is 10.7. The van der Waals surface area contributed by atoms with Crippen molar-refractivity contribution in [1.82, 2.24) is 20.4 Å². The van der Waals surface area contributed by atoms with Crippen molar-refractivity contribution in [3.8, 4) is 11.5 Å². The summed E-state index contributed by atoms with van der Waals surface area (Å²) < 4.78 is 18.4. The Morgan fingerprint density at radius 1 is 1.18 bits per heavy atom. The number of nitrogens with one attached hydrogen (secondary N) is 2. The number of piperidine rings is 1. The second-order valence-corrected chi connectivity index (χ2v) is 13.8. The zero-order valence-electron chi connectivity index (χ0n) is 29.6. The summed E-state index contributed by atoms with van der Waals surface area (Å²) in [5.41, 5.74) is 10.8. The van der Waals surface area contributed by atoms with Crippen molar-refractivity contribution in [3.63, 3.8) is 0 Å². The SMILES string of the molecule is COc1ccc2c3c1O[C@H]1C(OC(=O)N(CCCCCC(=O)O)CCNC(=O)[C@H](CCCN=C(N)N)NC(C)=O)=CC[C@@]4(O)[C@@H](C2)N(C)CC[C@]314. The van der Waals surface area contributed by atoms with Crippen LogP contribution in [0.25, 0.3) is 0 Å². The summed E-state index contributed by atoms with van der Waals surface area (Å²) in [6.07, 6.45) is 4.14. The lowest BCUT2D eigenvalue weighted by Crippen LogP contribution is -2.74. The van der Waals surface area contributed by atoms with Crippen LogP contribution in [0.2, 0.25) is 0 Å². The van der Waals surface area contributed by atoms with E-state index >= 15 is 0 Å². The van der Waals surface area contributed by atoms with Crippen LogP contribution in [0.1, 0.15) is 69.4 Å². The van der Waals surface area contributed by atoms with E-state index in [1.807, 2.05) is 19.2 Å². The number of nitrogens with zero attached hydrogens (tertiary/aromatic N) is 3. The minimum absolute atomic E-state index is 0.0211. The quantitative estimate of drug-likeness (QED) is 0.0746. The van der Waals surface area contributed by atoms with Gasteiger partial charge in [-0.3, -0.25) is 19.4 Å². The maximum atomic E-state index is 13.9. The number of carbonyl (C=O) groups excluding carboxylic acids is 3. The van der Waals surface area contributed by atoms with Crippen LogP contribution in [0.15, 0.2) is 29.0 Å². The first kappa shape index (κ1) is 37.7. The van der Waals surface area contributed by atoms with E-state index in [1.165, 1.54) is 11.8 Å². The lowest BCUT2D eigenvalue weighted by Gasteiger charge is -2.61. The van der Waals surface area contributed by atoms with Crippen LogP contribution in [0.4, 0.5) is 4.79 Å². The van der Waals surface area contributed by atoms with E-state index in [0.29, 0.717) is 68.7 Å². The molecule has 0 unspecified atom stereocenters. The highest BCUT2D eigenvalue weighted by Crippen LogP contribution is 2.65. The van der Waals surface area contributed by atoms with Gasteiger partial charge in [0.2, 0.25) is 11.8 Å². The van der Waals surface area contributed by atoms with Crippen molar-refractivity contribution in [2.75, 3.05) is 46.9 Å². The monoisotopic (exact) mass is 713 g/mol. The maximum Gasteiger partial charge on any atom is 0.415 e. The second-order valence-electron chi connectivity index (χ2n) is 13.8. The number of amides is 3. The molecule has 2 heterocycles. The number of aliphatic carboxylic acids is 1. The Bertz CT molecular complexity index is 1560. The lowest BCUT2D eigenvalue weighted by molar-refractivity contribution is -0.163. The molecule has 1 fully saturated rings. The van der Waals surface area contributed by atoms with Gasteiger partial charge in [-0.15, -0.1) is 0 Å². The van der Waals surface area contributed by atoms with E-state index in [1.54, 1.807) is 13.2 Å². The van der Waals surface area contributed by atoms with E-state index in [2.05, 4.69) is 20.5 Å². The number of carbonyl (C=O) groups is 4. The van der Waals surface area contributed by atoms with Crippen LogP contribution >= 0.6 is 0 Å². The molecule has 1 spiro atoms. The van der Waals surface area contributed by atoms with E-state index in [4.69, 9.17) is 30.8 Å². The van der Waals surface area contributed by atoms with Crippen molar-refractivity contribution < 1.29 is 43.6 Å². The van der Waals surface area contributed by atoms with Gasteiger partial charge in [0.1, 0.15) is 11.8 Å². The van der Waals surface area contributed by atoms with E-state index in [9.17, 15) is 24.3 Å². The van der Waals surface area contributed by atoms with Crippen LogP contribution in [0.3, 0.4) is 0 Å². The van der Waals surface area contributed by atoms with Gasteiger partial charge in [-0.05, 0) is 69.8 Å². The number of aliphatic imine (C=N–C) groups is 1. The molecule has 3 amide bonds. The van der Waals surface area contributed by atoms with E-state index in [0.717, 1.165) is 17.7 Å². The van der Waals surface area contributed by atoms with Gasteiger partial charge in [0, 0.05) is 57.5 Å². The predicted molar refractivity (Wildman–Crippen MR) is 186 cm³/mol. The average molecular weight is 714 g/mol. The van der Waals surface area contributed by atoms with Crippen LogP contribution in [0.5, 0.6) is 11.5 Å². The Morgan fingerprint density at radius 3 is 2.67 bits per heavy atom.